The second-order valence-electron chi connectivity index (χ2n) is 5.52. The van der Waals surface area contributed by atoms with Crippen molar-refractivity contribution in [3.63, 3.8) is 0 Å². The Morgan fingerprint density at radius 2 is 2.43 bits per heavy atom. The van der Waals surface area contributed by atoms with Crippen LogP contribution in [0, 0.1) is 0 Å². The molecule has 2 atom stereocenters. The van der Waals surface area contributed by atoms with Gasteiger partial charge in [-0.15, -0.1) is 6.58 Å². The highest BCUT2D eigenvalue weighted by Gasteiger charge is 2.31. The van der Waals surface area contributed by atoms with Gasteiger partial charge in [0, 0.05) is 32.8 Å². The number of morpholine rings is 1. The third-order valence-corrected chi connectivity index (χ3v) is 3.93. The van der Waals surface area contributed by atoms with E-state index in [0.29, 0.717) is 25.7 Å². The first-order valence-electron chi connectivity index (χ1n) is 7.81. The Balaban J connectivity index is 1.78. The largest absolute Gasteiger partial charge is 0.383 e. The van der Waals surface area contributed by atoms with Gasteiger partial charge in [0.25, 0.3) is 0 Å². The summed E-state index contributed by atoms with van der Waals surface area (Å²) in [6.45, 7) is 9.55. The Bertz CT molecular complexity index is 349. The van der Waals surface area contributed by atoms with E-state index in [1.807, 2.05) is 6.08 Å². The fraction of sp³-hybridized carbons (Fsp3) is 0.800. The van der Waals surface area contributed by atoms with E-state index in [1.165, 1.54) is 19.4 Å². The van der Waals surface area contributed by atoms with E-state index in [-0.39, 0.29) is 6.10 Å². The van der Waals surface area contributed by atoms with Crippen molar-refractivity contribution in [3.05, 3.63) is 12.7 Å². The summed E-state index contributed by atoms with van der Waals surface area (Å²) in [6, 6.07) is 0.642. The maximum atomic E-state index is 5.92. The predicted molar refractivity (Wildman–Crippen MR) is 84.7 cm³/mol. The van der Waals surface area contributed by atoms with Crippen LogP contribution in [0.4, 0.5) is 0 Å². The van der Waals surface area contributed by atoms with Crippen molar-refractivity contribution < 1.29 is 9.47 Å². The minimum atomic E-state index is 0.198. The fourth-order valence-corrected chi connectivity index (χ4v) is 2.80. The van der Waals surface area contributed by atoms with Gasteiger partial charge in [-0.05, 0) is 19.4 Å². The second-order valence-corrected chi connectivity index (χ2v) is 5.52. The van der Waals surface area contributed by atoms with Crippen molar-refractivity contribution in [1.82, 2.24) is 15.5 Å². The molecule has 2 heterocycles. The molecule has 0 bridgehead atoms. The molecule has 0 radical (unpaired) electrons. The lowest BCUT2D eigenvalue weighted by Gasteiger charge is -2.34. The van der Waals surface area contributed by atoms with Gasteiger partial charge in [0.15, 0.2) is 5.96 Å². The van der Waals surface area contributed by atoms with Crippen LogP contribution in [0.2, 0.25) is 0 Å². The molecule has 2 saturated heterocycles. The van der Waals surface area contributed by atoms with E-state index in [4.69, 9.17) is 9.47 Å². The quantitative estimate of drug-likeness (QED) is 0.305. The van der Waals surface area contributed by atoms with Gasteiger partial charge >= 0.3 is 0 Å². The van der Waals surface area contributed by atoms with Gasteiger partial charge in [0.1, 0.15) is 0 Å². The van der Waals surface area contributed by atoms with Crippen LogP contribution >= 0.6 is 0 Å². The molecule has 6 nitrogen and oxygen atoms in total. The molecule has 0 aromatic carbocycles. The van der Waals surface area contributed by atoms with Gasteiger partial charge in [-0.2, -0.15) is 0 Å². The molecule has 0 aliphatic carbocycles. The Morgan fingerprint density at radius 1 is 1.52 bits per heavy atom. The summed E-state index contributed by atoms with van der Waals surface area (Å²) in [4.78, 5) is 7.15. The molecule has 0 aromatic rings. The molecule has 2 N–H and O–H groups in total. The number of guanidine groups is 1. The Labute approximate surface area is 127 Å². The molecular formula is C15H28N4O2. The lowest BCUT2D eigenvalue weighted by Crippen LogP contribution is -2.47. The number of hydrogen-bond donors (Lipinski definition) is 2. The molecule has 0 aromatic heterocycles. The van der Waals surface area contributed by atoms with Crippen LogP contribution in [0.5, 0.6) is 0 Å². The van der Waals surface area contributed by atoms with Crippen LogP contribution in [0.1, 0.15) is 12.8 Å². The van der Waals surface area contributed by atoms with E-state index >= 15 is 0 Å². The smallest absolute Gasteiger partial charge is 0.191 e. The topological polar surface area (TPSA) is 58.1 Å². The molecule has 0 saturated carbocycles. The molecule has 21 heavy (non-hydrogen) atoms. The molecule has 0 unspecified atom stereocenters. The molecule has 2 aliphatic heterocycles. The zero-order valence-electron chi connectivity index (χ0n) is 13.0. The maximum Gasteiger partial charge on any atom is 0.191 e. The van der Waals surface area contributed by atoms with Crippen molar-refractivity contribution in [2.45, 2.75) is 25.0 Å². The highest BCUT2D eigenvalue weighted by Crippen LogP contribution is 2.22. The second kappa shape index (κ2) is 9.02. The number of hydrogen-bond acceptors (Lipinski definition) is 4. The van der Waals surface area contributed by atoms with E-state index in [0.717, 1.165) is 25.7 Å². The first-order chi connectivity index (χ1) is 10.3. The summed E-state index contributed by atoms with van der Waals surface area (Å²) < 4.78 is 11.0. The molecule has 2 fully saturated rings. The van der Waals surface area contributed by atoms with Gasteiger partial charge in [-0.3, -0.25) is 9.89 Å². The zero-order chi connectivity index (χ0) is 14.9. The average molecular weight is 296 g/mol. The monoisotopic (exact) mass is 296 g/mol. The van der Waals surface area contributed by atoms with Gasteiger partial charge < -0.3 is 20.1 Å². The number of rotatable bonds is 7. The third kappa shape index (κ3) is 5.30. The van der Waals surface area contributed by atoms with Crippen LogP contribution in [0.25, 0.3) is 0 Å². The summed E-state index contributed by atoms with van der Waals surface area (Å²) in [5.74, 6) is 0.791. The van der Waals surface area contributed by atoms with Crippen LogP contribution in [0.3, 0.4) is 0 Å². The van der Waals surface area contributed by atoms with Crippen molar-refractivity contribution in [1.29, 1.82) is 0 Å². The standard InChI is InChI=1S/C15H28N4O2/c1-3-6-16-15(17-7-9-20-2)18-10-14-11-19-8-4-5-13(19)12-21-14/h3,13-14H,1,4-12H2,2H3,(H2,16,17,18)/t13-,14-/m1/s1. The lowest BCUT2D eigenvalue weighted by atomic mass is 10.2. The zero-order valence-corrected chi connectivity index (χ0v) is 13.0. The van der Waals surface area contributed by atoms with Crippen molar-refractivity contribution in [2.24, 2.45) is 4.99 Å². The number of nitrogens with one attached hydrogen (secondary N) is 2. The SMILES string of the molecule is C=CCNC(=NC[C@@H]1CN2CCC[C@@H]2CO1)NCCOC. The summed E-state index contributed by atoms with van der Waals surface area (Å²) in [5.41, 5.74) is 0. The highest BCUT2D eigenvalue weighted by molar-refractivity contribution is 5.79. The van der Waals surface area contributed by atoms with Crippen molar-refractivity contribution in [3.8, 4) is 0 Å². The van der Waals surface area contributed by atoms with Gasteiger partial charge in [0.2, 0.25) is 0 Å². The Hall–Kier alpha value is -1.11. The molecule has 6 heteroatoms. The number of aliphatic imine (C=N–C) groups is 1. The summed E-state index contributed by atoms with van der Waals surface area (Å²) in [7, 11) is 1.69. The molecule has 2 aliphatic rings. The Morgan fingerprint density at radius 3 is 3.24 bits per heavy atom. The maximum absolute atomic E-state index is 5.92. The summed E-state index contributed by atoms with van der Waals surface area (Å²) in [6.07, 6.45) is 4.60. The molecule has 0 amide bonds. The number of ether oxygens (including phenoxy) is 2. The Kier molecular flexibility index (Phi) is 6.99. The van der Waals surface area contributed by atoms with Gasteiger partial charge in [-0.1, -0.05) is 6.08 Å². The highest BCUT2D eigenvalue weighted by atomic mass is 16.5. The molecule has 120 valence electrons. The first-order valence-corrected chi connectivity index (χ1v) is 7.81. The minimum absolute atomic E-state index is 0.198. The number of fused-ring (bicyclic) bond motifs is 1. The average Bonchev–Trinajstić information content (AvgIpc) is 2.97. The van der Waals surface area contributed by atoms with Crippen LogP contribution in [-0.2, 0) is 9.47 Å². The van der Waals surface area contributed by atoms with Gasteiger partial charge in [0.05, 0.1) is 25.9 Å². The van der Waals surface area contributed by atoms with Crippen LogP contribution in [-0.4, -0.2) is 76.1 Å². The molecular weight excluding hydrogens is 268 g/mol. The third-order valence-electron chi connectivity index (χ3n) is 3.93. The lowest BCUT2D eigenvalue weighted by molar-refractivity contribution is -0.0432. The van der Waals surface area contributed by atoms with E-state index < -0.39 is 0 Å². The molecule has 2 rings (SSSR count). The van der Waals surface area contributed by atoms with E-state index in [2.05, 4.69) is 27.1 Å². The van der Waals surface area contributed by atoms with Crippen LogP contribution < -0.4 is 10.6 Å². The van der Waals surface area contributed by atoms with Crippen molar-refractivity contribution in [2.75, 3.05) is 53.0 Å². The summed E-state index contributed by atoms with van der Waals surface area (Å²) in [5, 5.41) is 6.45. The van der Waals surface area contributed by atoms with E-state index in [1.54, 1.807) is 7.11 Å². The predicted octanol–water partition coefficient (Wildman–Crippen LogP) is 0.217. The minimum Gasteiger partial charge on any atom is -0.383 e. The number of nitrogens with zero attached hydrogens (tertiary/aromatic N) is 2. The first kappa shape index (κ1) is 16.3. The van der Waals surface area contributed by atoms with E-state index in [9.17, 15) is 0 Å². The molecule has 0 spiro atoms. The van der Waals surface area contributed by atoms with Crippen LogP contribution in [0.15, 0.2) is 17.6 Å². The normalized spacial score (nSPS) is 26.4. The number of methoxy groups -OCH3 is 1. The van der Waals surface area contributed by atoms with Gasteiger partial charge in [-0.25, -0.2) is 0 Å². The van der Waals surface area contributed by atoms with Crippen molar-refractivity contribution >= 4 is 5.96 Å². The summed E-state index contributed by atoms with van der Waals surface area (Å²) >= 11 is 0. The fourth-order valence-electron chi connectivity index (χ4n) is 2.80.